The number of rotatable bonds is 8. The molecule has 2 aliphatic heterocycles. The molecule has 0 amide bonds. The van der Waals surface area contributed by atoms with Crippen molar-refractivity contribution in [2.24, 2.45) is 0 Å². The van der Waals surface area contributed by atoms with Crippen molar-refractivity contribution in [1.82, 2.24) is 0 Å². The molecule has 3 nitrogen and oxygen atoms in total. The zero-order valence-corrected chi connectivity index (χ0v) is 48.8. The minimum Gasteiger partial charge on any atom is -0.455 e. The van der Waals surface area contributed by atoms with Gasteiger partial charge in [-0.3, -0.25) is 0 Å². The van der Waals surface area contributed by atoms with E-state index < -0.39 is 0 Å². The zero-order valence-electron chi connectivity index (χ0n) is 48.0. The Hall–Kier alpha value is -8.38. The van der Waals surface area contributed by atoms with Crippen LogP contribution in [-0.4, -0.2) is 6.85 Å². The third-order valence-corrected chi connectivity index (χ3v) is 20.7. The summed E-state index contributed by atoms with van der Waals surface area (Å²) in [5, 5.41) is 3.52. The number of furan rings is 1. The van der Waals surface area contributed by atoms with Crippen LogP contribution in [-0.2, 0) is 22.7 Å². The summed E-state index contributed by atoms with van der Waals surface area (Å²) in [7, 11) is 0. The van der Waals surface area contributed by atoms with Crippen LogP contribution in [0.25, 0.3) is 87.7 Å². The Kier molecular flexibility index (Phi) is 10.9. The lowest BCUT2D eigenvalue weighted by atomic mass is 9.46. The van der Waals surface area contributed by atoms with E-state index in [4.69, 9.17) is 4.42 Å². The highest BCUT2D eigenvalue weighted by molar-refractivity contribution is 7.32. The van der Waals surface area contributed by atoms with E-state index in [-0.39, 0.29) is 23.1 Å². The fourth-order valence-electron chi connectivity index (χ4n) is 14.9. The summed E-state index contributed by atoms with van der Waals surface area (Å²) in [5.41, 5.74) is 28.6. The second kappa shape index (κ2) is 18.1. The molecule has 10 aromatic carbocycles. The molecule has 4 aliphatic rings. The summed E-state index contributed by atoms with van der Waals surface area (Å²) in [4.78, 5) is 5.42. The molecule has 0 unspecified atom stereocenters. The number of nitrogens with zero attached hydrogens (tertiary/aromatic N) is 2. The molecule has 82 heavy (non-hydrogen) atoms. The Labute approximate surface area is 486 Å². The second-order valence-corrected chi connectivity index (χ2v) is 26.7. The number of aryl methyl sites for hydroxylation is 1. The number of anilines is 5. The van der Waals surface area contributed by atoms with Crippen molar-refractivity contribution in [3.8, 4) is 55.6 Å². The highest BCUT2D eigenvalue weighted by Gasteiger charge is 2.51. The molecule has 0 saturated heterocycles. The molecule has 0 bridgehead atoms. The molecule has 0 atom stereocenters. The molecular formula is C77H65BN2OS. The highest BCUT2D eigenvalue weighted by atomic mass is 32.1. The number of benzene rings is 10. The van der Waals surface area contributed by atoms with Gasteiger partial charge in [-0.25, -0.2) is 0 Å². The fourth-order valence-corrected chi connectivity index (χ4v) is 16.3. The van der Waals surface area contributed by atoms with E-state index in [1.807, 2.05) is 11.3 Å². The molecule has 0 spiro atoms. The molecule has 0 fully saturated rings. The molecule has 4 heterocycles. The Morgan fingerprint density at radius 1 is 0.488 bits per heavy atom. The van der Waals surface area contributed by atoms with E-state index in [0.717, 1.165) is 46.9 Å². The maximum absolute atomic E-state index is 7.40. The van der Waals surface area contributed by atoms with Crippen LogP contribution in [0.3, 0.4) is 0 Å². The normalized spacial score (nSPS) is 15.8. The van der Waals surface area contributed by atoms with E-state index in [1.165, 1.54) is 139 Å². The summed E-state index contributed by atoms with van der Waals surface area (Å²) in [6.07, 6.45) is 5.67. The predicted molar refractivity (Wildman–Crippen MR) is 351 cm³/mol. The summed E-state index contributed by atoms with van der Waals surface area (Å²) in [6.45, 7) is 16.9. The number of unbranched alkanes of at least 4 members (excludes halogenated alkanes) is 1. The lowest BCUT2D eigenvalue weighted by Gasteiger charge is -2.45. The van der Waals surface area contributed by atoms with E-state index in [2.05, 4.69) is 264 Å². The van der Waals surface area contributed by atoms with Gasteiger partial charge in [-0.2, -0.15) is 0 Å². The van der Waals surface area contributed by atoms with E-state index >= 15 is 0 Å². The zero-order chi connectivity index (χ0) is 55.4. The molecule has 5 heteroatoms. The SMILES string of the molecule is CCCCc1ccc(N2c3cc4c(oc5ccccc54)c4c3B(c3sc5cc(-c6ccccc6)ccc5c32)N(c2ccc(-c3ccccc3)cc2)c2cc3c(cc2-4)-c2cc4c(cc2C3(C)C)C(C)(C)CCC4(C)C)c(-c2ccccc2)c1. The Bertz CT molecular complexity index is 4590. The molecule has 12 aromatic rings. The topological polar surface area (TPSA) is 19.6 Å². The van der Waals surface area contributed by atoms with Gasteiger partial charge in [-0.1, -0.05) is 200 Å². The molecule has 16 rings (SSSR count). The summed E-state index contributed by atoms with van der Waals surface area (Å²) >= 11 is 1.96. The Balaban J connectivity index is 1.05. The van der Waals surface area contributed by atoms with E-state index in [9.17, 15) is 0 Å². The van der Waals surface area contributed by atoms with Gasteiger partial charge in [0.05, 0.1) is 11.4 Å². The average Bonchev–Trinajstić information content (AvgIpc) is 1.43. The molecule has 0 saturated carbocycles. The number of fused-ring (bicyclic) bond motifs is 14. The second-order valence-electron chi connectivity index (χ2n) is 25.6. The predicted octanol–water partition coefficient (Wildman–Crippen LogP) is 20.5. The van der Waals surface area contributed by atoms with Crippen molar-refractivity contribution in [1.29, 1.82) is 0 Å². The smallest absolute Gasteiger partial charge is 0.343 e. The van der Waals surface area contributed by atoms with Gasteiger partial charge in [0.2, 0.25) is 0 Å². The minimum atomic E-state index is -0.261. The van der Waals surface area contributed by atoms with Gasteiger partial charge < -0.3 is 14.1 Å². The minimum absolute atomic E-state index is 0.0654. The maximum Gasteiger partial charge on any atom is 0.343 e. The molecule has 2 aromatic heterocycles. The van der Waals surface area contributed by atoms with Gasteiger partial charge in [-0.05, 0) is 169 Å². The van der Waals surface area contributed by atoms with Crippen molar-refractivity contribution in [3.05, 3.63) is 234 Å². The van der Waals surface area contributed by atoms with Crippen molar-refractivity contribution in [3.63, 3.8) is 0 Å². The first-order valence-electron chi connectivity index (χ1n) is 29.8. The molecule has 398 valence electrons. The van der Waals surface area contributed by atoms with Crippen LogP contribution >= 0.6 is 11.3 Å². The van der Waals surface area contributed by atoms with Gasteiger partial charge in [-0.15, -0.1) is 11.3 Å². The monoisotopic (exact) mass is 1080 g/mol. The van der Waals surface area contributed by atoms with Gasteiger partial charge >= 0.3 is 6.85 Å². The average molecular weight is 1080 g/mol. The van der Waals surface area contributed by atoms with Crippen LogP contribution in [0.5, 0.6) is 0 Å². The van der Waals surface area contributed by atoms with Crippen LogP contribution < -0.4 is 20.0 Å². The van der Waals surface area contributed by atoms with Crippen LogP contribution in [0.1, 0.15) is 102 Å². The Morgan fingerprint density at radius 3 is 1.83 bits per heavy atom. The van der Waals surface area contributed by atoms with Crippen LogP contribution in [0.15, 0.2) is 211 Å². The molecular weight excluding hydrogens is 1010 g/mol. The maximum atomic E-state index is 7.40. The van der Waals surface area contributed by atoms with E-state index in [1.54, 1.807) is 0 Å². The summed E-state index contributed by atoms with van der Waals surface area (Å²) < 4.78 is 9.99. The van der Waals surface area contributed by atoms with E-state index in [0.29, 0.717) is 0 Å². The first-order chi connectivity index (χ1) is 39.9. The van der Waals surface area contributed by atoms with Gasteiger partial charge in [0.15, 0.2) is 0 Å². The molecule has 2 aliphatic carbocycles. The van der Waals surface area contributed by atoms with Gasteiger partial charge in [0, 0.05) is 64.8 Å². The first kappa shape index (κ1) is 49.4. The van der Waals surface area contributed by atoms with Crippen molar-refractivity contribution < 1.29 is 4.42 Å². The molecule has 0 radical (unpaired) electrons. The first-order valence-corrected chi connectivity index (χ1v) is 30.6. The number of para-hydroxylation sites is 1. The third-order valence-electron chi connectivity index (χ3n) is 19.5. The summed E-state index contributed by atoms with van der Waals surface area (Å²) in [5.74, 6) is 0. The molecule has 0 N–H and O–H groups in total. The number of thiophene rings is 1. The van der Waals surface area contributed by atoms with Gasteiger partial charge in [0.1, 0.15) is 11.2 Å². The lowest BCUT2D eigenvalue weighted by molar-refractivity contribution is 0.331. The van der Waals surface area contributed by atoms with Crippen LogP contribution in [0.2, 0.25) is 0 Å². The van der Waals surface area contributed by atoms with Crippen molar-refractivity contribution in [2.75, 3.05) is 9.71 Å². The highest BCUT2D eigenvalue weighted by Crippen LogP contribution is 2.60. The number of hydrogen-bond donors (Lipinski definition) is 0. The standard InChI is InChI=1S/C77H65BN2OS/c1-8-9-21-47-30-37-65(56(40-47)51-26-17-12-18-27-51)79-67-44-59-54-28-19-20-29-68(54)81-73(59)70-60-42-57-58-43-63-64(76(4,5)39-38-75(63,2)3)45-61(58)77(6,7)62(57)46-66(60)80(53-34-31-50(32-35-53)48-22-13-10-14-23-48)78(71(67)70)74-72(79)55-36-33-52(41-69(55)82-74)49-24-15-11-16-25-49/h10-20,22-37,40-46H,8-9,21,38-39H2,1-7H3. The quantitative estimate of drug-likeness (QED) is 0.141. The van der Waals surface area contributed by atoms with Crippen molar-refractivity contribution >= 4 is 88.9 Å². The van der Waals surface area contributed by atoms with Crippen LogP contribution in [0.4, 0.5) is 28.4 Å². The summed E-state index contributed by atoms with van der Waals surface area (Å²) in [6, 6.07) is 78.5. The largest absolute Gasteiger partial charge is 0.455 e. The lowest BCUT2D eigenvalue weighted by Crippen LogP contribution is -2.60. The Morgan fingerprint density at radius 2 is 1.11 bits per heavy atom. The van der Waals surface area contributed by atoms with Gasteiger partial charge in [0.25, 0.3) is 0 Å². The van der Waals surface area contributed by atoms with Crippen LogP contribution in [0, 0.1) is 0 Å². The number of hydrogen-bond acceptors (Lipinski definition) is 4. The fraction of sp³-hybridized carbons (Fsp3) is 0.195. The van der Waals surface area contributed by atoms with Crippen molar-refractivity contribution in [2.45, 2.75) is 96.8 Å². The third kappa shape index (κ3) is 7.27.